The van der Waals surface area contributed by atoms with E-state index in [0.717, 1.165) is 5.88 Å². The van der Waals surface area contributed by atoms with Crippen molar-refractivity contribution < 1.29 is 72.3 Å². The number of urea groups is 3. The first kappa shape index (κ1) is 80.4. The molecule has 0 aromatic heterocycles. The largest absolute Gasteiger partial charge is 0.466 e. The van der Waals surface area contributed by atoms with Gasteiger partial charge in [0.1, 0.15) is 18.9 Å². The van der Waals surface area contributed by atoms with Crippen molar-refractivity contribution in [2.75, 3.05) is 85.2 Å². The molecule has 3 fully saturated rings. The standard InChI is InChI=1S/C12H20N2O4.C8H12N2O3.C8H10O3.C4H8N2O2.C4H8O2.C3H10N2O.C2H5Cl.4CH4/c1-5-13-6-10(18-11(15)9(2)3)7-14(8-17-4)12(13)16;1-5(2)7(11)13-6-3-9-8(12)10-4-6;1-5(2)7(9)11-8(10)6(3)4;7-3-1-5-4(8)6-2-3;1-3-6-4(2)5;4-1-3(6)2-5;1-2-3;;;;/h10H,2,5-8H2,1,3-4H3;6H,1,3-4H2,2H3,(H2,9,10,12);1,3H2,2,4H3;3,7H,1-2H2,(H2,5,6,8);3H2,1-2H3;3,6H,1-2,4-5H2;2H2,1H3;4*1H4. The van der Waals surface area contributed by atoms with Crippen molar-refractivity contribution in [2.24, 2.45) is 11.5 Å². The number of halogens is 1. The maximum absolute atomic E-state index is 11.9. The third-order valence-electron chi connectivity index (χ3n) is 7.05. The van der Waals surface area contributed by atoms with E-state index < -0.39 is 36.1 Å². The summed E-state index contributed by atoms with van der Waals surface area (Å²) in [6.07, 6.45) is -1.58. The molecule has 0 bridgehead atoms. The molecule has 24 heteroatoms. The van der Waals surface area contributed by atoms with Crippen molar-refractivity contribution in [3.63, 3.8) is 0 Å². The van der Waals surface area contributed by atoms with Crippen molar-refractivity contribution in [1.29, 1.82) is 0 Å². The van der Waals surface area contributed by atoms with Crippen LogP contribution in [0.1, 0.15) is 85.1 Å². The van der Waals surface area contributed by atoms with E-state index >= 15 is 0 Å². The number of carbonyl (C=O) groups is 8. The van der Waals surface area contributed by atoms with Crippen molar-refractivity contribution >= 4 is 59.5 Å². The maximum atomic E-state index is 11.9. The molecule has 0 aromatic rings. The molecular weight excluding hydrogens is 928 g/mol. The third-order valence-corrected chi connectivity index (χ3v) is 7.05. The predicted octanol–water partition coefficient (Wildman–Crippen LogP) is 3.11. The molecule has 69 heavy (non-hydrogen) atoms. The zero-order valence-electron chi connectivity index (χ0n) is 39.3. The van der Waals surface area contributed by atoms with Crippen molar-refractivity contribution in [3.8, 4) is 0 Å². The number of alkyl halides is 1. The fraction of sp³-hybridized carbons (Fsp3) is 0.644. The number of β-amino-alcohol motifs (C(OH)–C–C–N with tert-alkyl or cyclic N) is 1. The summed E-state index contributed by atoms with van der Waals surface area (Å²) in [5.41, 5.74) is 11.0. The van der Waals surface area contributed by atoms with E-state index in [0.29, 0.717) is 63.6 Å². The minimum Gasteiger partial charge on any atom is -0.466 e. The highest BCUT2D eigenvalue weighted by Crippen LogP contribution is 2.13. The molecule has 3 heterocycles. The van der Waals surface area contributed by atoms with E-state index in [1.54, 1.807) is 25.7 Å². The zero-order valence-corrected chi connectivity index (χ0v) is 40.0. The lowest BCUT2D eigenvalue weighted by atomic mass is 10.2. The number of esters is 5. The van der Waals surface area contributed by atoms with Gasteiger partial charge in [-0.2, -0.15) is 0 Å². The Morgan fingerprint density at radius 2 is 1.03 bits per heavy atom. The zero-order chi connectivity index (χ0) is 51.2. The summed E-state index contributed by atoms with van der Waals surface area (Å²) < 4.78 is 23.9. The van der Waals surface area contributed by atoms with Crippen LogP contribution in [0.5, 0.6) is 0 Å². The monoisotopic (exact) mass is 1020 g/mol. The molecule has 23 nitrogen and oxygen atoms in total. The number of hydrogen-bond donors (Lipinski definition) is 8. The lowest BCUT2D eigenvalue weighted by Crippen LogP contribution is -2.56. The molecule has 3 aliphatic rings. The van der Waals surface area contributed by atoms with Crippen LogP contribution in [-0.2, 0) is 47.7 Å². The predicted molar refractivity (Wildman–Crippen MR) is 270 cm³/mol. The molecule has 3 rings (SSSR count). The number of nitrogens with two attached hydrogens (primary N) is 2. The van der Waals surface area contributed by atoms with Gasteiger partial charge in [0.05, 0.1) is 45.0 Å². The summed E-state index contributed by atoms with van der Waals surface area (Å²) in [6, 6.07) is -0.528. The van der Waals surface area contributed by atoms with E-state index in [4.69, 9.17) is 47.5 Å². The minimum atomic E-state index is -0.710. The highest BCUT2D eigenvalue weighted by atomic mass is 35.5. The summed E-state index contributed by atoms with van der Waals surface area (Å²) in [7, 11) is 1.52. The van der Waals surface area contributed by atoms with Crippen LogP contribution >= 0.6 is 11.6 Å². The number of ether oxygens (including phenoxy) is 5. The van der Waals surface area contributed by atoms with E-state index in [1.165, 1.54) is 32.8 Å². The molecule has 6 amide bonds. The molecule has 3 saturated heterocycles. The summed E-state index contributed by atoms with van der Waals surface area (Å²) >= 11 is 5.00. The van der Waals surface area contributed by atoms with Crippen molar-refractivity contribution in [3.05, 3.63) is 48.6 Å². The van der Waals surface area contributed by atoms with Crippen LogP contribution in [0.25, 0.3) is 0 Å². The number of aliphatic hydroxyl groups is 2. The fourth-order valence-corrected chi connectivity index (χ4v) is 3.76. The van der Waals surface area contributed by atoms with Gasteiger partial charge in [0, 0.05) is 74.9 Å². The smallest absolute Gasteiger partial charge is 0.340 e. The van der Waals surface area contributed by atoms with Crippen LogP contribution in [0.15, 0.2) is 48.6 Å². The number of hydrogen-bond acceptors (Lipinski definition) is 17. The van der Waals surface area contributed by atoms with Gasteiger partial charge in [-0.25, -0.2) is 33.6 Å². The first-order valence-electron chi connectivity index (χ1n) is 20.1. The van der Waals surface area contributed by atoms with E-state index in [1.807, 2.05) is 13.8 Å². The van der Waals surface area contributed by atoms with Gasteiger partial charge >= 0.3 is 47.9 Å². The van der Waals surface area contributed by atoms with Gasteiger partial charge in [-0.15, -0.1) is 11.6 Å². The Balaban J connectivity index is -0.000000110. The number of aliphatic hydroxyl groups excluding tert-OH is 2. The van der Waals surface area contributed by atoms with Crippen molar-refractivity contribution in [1.82, 2.24) is 31.1 Å². The summed E-state index contributed by atoms with van der Waals surface area (Å²) in [5, 5.41) is 27.1. The SMILES string of the molecule is C.C.C.C.C=C(C)C(=O)OC(=O)C(=C)C.C=C(C)C(=O)OC1CN(CC)C(=O)N(COC)C1.C=C(C)C(=O)OC1CNC(=O)NC1.CCCl.CCOC(C)=O.NCC(O)CN.O=C1NCC(O)CN1. The van der Waals surface area contributed by atoms with Crippen LogP contribution in [0.3, 0.4) is 0 Å². The van der Waals surface area contributed by atoms with Crippen molar-refractivity contribution in [2.45, 2.75) is 110 Å². The number of amides is 6. The Morgan fingerprint density at radius 3 is 1.29 bits per heavy atom. The van der Waals surface area contributed by atoms with Crippen LogP contribution in [-0.4, -0.2) is 178 Å². The number of likely N-dealkylation sites (N-methyl/N-ethyl adjacent to an activating group) is 1. The van der Waals surface area contributed by atoms with E-state index in [2.05, 4.69) is 57.1 Å². The van der Waals surface area contributed by atoms with Crippen LogP contribution < -0.4 is 32.7 Å². The van der Waals surface area contributed by atoms with Gasteiger partial charge in [0.15, 0.2) is 0 Å². The third kappa shape index (κ3) is 45.9. The van der Waals surface area contributed by atoms with E-state index in [-0.39, 0.29) is 96.9 Å². The molecule has 0 radical (unpaired) electrons. The second-order valence-electron chi connectivity index (χ2n) is 13.5. The molecule has 0 saturated carbocycles. The van der Waals surface area contributed by atoms with Gasteiger partial charge in [0.2, 0.25) is 0 Å². The lowest BCUT2D eigenvalue weighted by molar-refractivity contribution is -0.154. The molecule has 3 aliphatic heterocycles. The van der Waals surface area contributed by atoms with E-state index in [9.17, 15) is 38.4 Å². The summed E-state index contributed by atoms with van der Waals surface area (Å²) in [5.74, 6) is -1.76. The van der Waals surface area contributed by atoms with Gasteiger partial charge in [-0.1, -0.05) is 62.9 Å². The minimum absolute atomic E-state index is 0. The Labute approximate surface area is 416 Å². The molecule has 10 N–H and O–H groups in total. The molecule has 0 spiro atoms. The molecular formula is C45H89ClN8O15. The van der Waals surface area contributed by atoms with Gasteiger partial charge in [0.25, 0.3) is 0 Å². The second kappa shape index (κ2) is 48.9. The highest BCUT2D eigenvalue weighted by Gasteiger charge is 2.33. The second-order valence-corrected chi connectivity index (χ2v) is 14.0. The average Bonchev–Trinajstić information content (AvgIpc) is 3.24. The highest BCUT2D eigenvalue weighted by molar-refractivity contribution is 6.17. The molecule has 1 atom stereocenters. The van der Waals surface area contributed by atoms with Crippen LogP contribution in [0, 0.1) is 0 Å². The Hall–Kier alpha value is -5.59. The first-order valence-corrected chi connectivity index (χ1v) is 20.7. The Kier molecular flexibility index (Phi) is 57.0. The lowest BCUT2D eigenvalue weighted by Gasteiger charge is -2.38. The fourth-order valence-electron chi connectivity index (χ4n) is 3.76. The van der Waals surface area contributed by atoms with Gasteiger partial charge in [-0.05, 0) is 41.5 Å². The quantitative estimate of drug-likeness (QED) is 0.0458. The summed E-state index contributed by atoms with van der Waals surface area (Å²) in [4.78, 5) is 89.7. The average molecular weight is 1020 g/mol. The number of methoxy groups -OCH3 is 1. The Morgan fingerprint density at radius 1 is 0.681 bits per heavy atom. The van der Waals surface area contributed by atoms with Gasteiger partial charge in [-0.3, -0.25) is 9.69 Å². The Bertz CT molecular complexity index is 1500. The first-order chi connectivity index (χ1) is 30.3. The molecule has 1 unspecified atom stereocenters. The number of rotatable bonds is 12. The normalized spacial score (nSPS) is 14.1. The number of carbonyl (C=O) groups excluding carboxylic acids is 8. The molecule has 0 aromatic carbocycles. The molecule has 0 aliphatic carbocycles. The number of nitrogens with one attached hydrogen (secondary N) is 4. The van der Waals surface area contributed by atoms with Crippen LogP contribution in [0.4, 0.5) is 14.4 Å². The van der Waals surface area contributed by atoms with Crippen LogP contribution in [0.2, 0.25) is 0 Å². The van der Waals surface area contributed by atoms with Gasteiger partial charge < -0.3 is 71.5 Å². The maximum Gasteiger partial charge on any atom is 0.340 e. The summed E-state index contributed by atoms with van der Waals surface area (Å²) in [6.45, 7) is 30.6. The number of nitrogens with zero attached hydrogens (tertiary/aromatic N) is 2. The topological polar surface area (TPSA) is 330 Å². The molecule has 406 valence electrons.